The quantitative estimate of drug-likeness (QED) is 0.827. The molecule has 1 unspecified atom stereocenters. The number of hydrogen-bond acceptors (Lipinski definition) is 4. The lowest BCUT2D eigenvalue weighted by molar-refractivity contribution is -0.138. The number of nitrogens with one attached hydrogen (secondary N) is 1. The number of carbonyl (C=O) groups excluding carboxylic acids is 1. The normalized spacial score (nSPS) is 13.2. The van der Waals surface area contributed by atoms with Gasteiger partial charge in [0.2, 0.25) is 0 Å². The maximum Gasteiger partial charge on any atom is 0.325 e. The average Bonchev–Trinajstić information content (AvgIpc) is 2.65. The summed E-state index contributed by atoms with van der Waals surface area (Å²) in [4.78, 5) is 22.2. The summed E-state index contributed by atoms with van der Waals surface area (Å²) in [7, 11) is 0. The minimum absolute atomic E-state index is 0.0861. The van der Waals surface area contributed by atoms with Gasteiger partial charge in [0.1, 0.15) is 11.8 Å². The highest BCUT2D eigenvalue weighted by Crippen LogP contribution is 2.22. The fourth-order valence-corrected chi connectivity index (χ4v) is 1.07. The monoisotopic (exact) mass is 240 g/mol. The number of aliphatic carboxylic acids is 1. The molecule has 94 valence electrons. The molecular formula is C11H16N2O4. The van der Waals surface area contributed by atoms with Gasteiger partial charge in [0.15, 0.2) is 5.69 Å². The number of carboxylic acids is 1. The SMILES string of the molecule is CC(NC(=O)c1cc(C(C)(C)C)on1)C(=O)O. The Bertz CT molecular complexity index is 431. The molecule has 0 radical (unpaired) electrons. The number of carbonyl (C=O) groups is 2. The molecule has 0 aromatic carbocycles. The molecule has 0 saturated heterocycles. The molecule has 0 fully saturated rings. The summed E-state index contributed by atoms with van der Waals surface area (Å²) in [5.41, 5.74) is -0.160. The lowest BCUT2D eigenvalue weighted by atomic mass is 9.93. The number of amides is 1. The van der Waals surface area contributed by atoms with Crippen LogP contribution in [0.3, 0.4) is 0 Å². The molecule has 1 rings (SSSR count). The Morgan fingerprint density at radius 2 is 2.06 bits per heavy atom. The van der Waals surface area contributed by atoms with Crippen molar-refractivity contribution in [1.29, 1.82) is 0 Å². The van der Waals surface area contributed by atoms with Crippen LogP contribution in [0.25, 0.3) is 0 Å². The largest absolute Gasteiger partial charge is 0.480 e. The Morgan fingerprint density at radius 1 is 1.47 bits per heavy atom. The lowest BCUT2D eigenvalue weighted by Crippen LogP contribution is -2.38. The molecule has 0 aliphatic rings. The number of hydrogen-bond donors (Lipinski definition) is 2. The van der Waals surface area contributed by atoms with E-state index in [1.165, 1.54) is 13.0 Å². The molecule has 1 amide bonds. The van der Waals surface area contributed by atoms with Gasteiger partial charge >= 0.3 is 5.97 Å². The van der Waals surface area contributed by atoms with Crippen molar-refractivity contribution in [3.63, 3.8) is 0 Å². The van der Waals surface area contributed by atoms with E-state index in [0.29, 0.717) is 5.76 Å². The van der Waals surface area contributed by atoms with Gasteiger partial charge in [0.05, 0.1) is 0 Å². The fraction of sp³-hybridized carbons (Fsp3) is 0.545. The first kappa shape index (κ1) is 13.2. The highest BCUT2D eigenvalue weighted by molar-refractivity contribution is 5.94. The predicted octanol–water partition coefficient (Wildman–Crippen LogP) is 1.17. The zero-order valence-corrected chi connectivity index (χ0v) is 10.3. The maximum atomic E-state index is 11.6. The van der Waals surface area contributed by atoms with Gasteiger partial charge in [-0.25, -0.2) is 0 Å². The molecular weight excluding hydrogens is 224 g/mol. The standard InChI is InChI=1S/C11H16N2O4/c1-6(10(15)16)12-9(14)7-5-8(17-13-7)11(2,3)4/h5-6H,1-4H3,(H,12,14)(H,15,16). The van der Waals surface area contributed by atoms with Gasteiger partial charge in [0.25, 0.3) is 5.91 Å². The summed E-state index contributed by atoms with van der Waals surface area (Å²) in [5, 5.41) is 14.6. The Balaban J connectivity index is 2.78. The Morgan fingerprint density at radius 3 is 2.47 bits per heavy atom. The smallest absolute Gasteiger partial charge is 0.325 e. The second-order valence-corrected chi connectivity index (χ2v) is 4.86. The van der Waals surface area contributed by atoms with E-state index in [9.17, 15) is 9.59 Å². The van der Waals surface area contributed by atoms with Crippen molar-refractivity contribution in [1.82, 2.24) is 10.5 Å². The van der Waals surface area contributed by atoms with E-state index >= 15 is 0 Å². The summed E-state index contributed by atoms with van der Waals surface area (Å²) in [6.07, 6.45) is 0. The van der Waals surface area contributed by atoms with Crippen molar-refractivity contribution in [3.8, 4) is 0 Å². The highest BCUT2D eigenvalue weighted by atomic mass is 16.5. The van der Waals surface area contributed by atoms with Gasteiger partial charge < -0.3 is 14.9 Å². The van der Waals surface area contributed by atoms with E-state index in [2.05, 4.69) is 10.5 Å². The molecule has 2 N–H and O–H groups in total. The zero-order valence-electron chi connectivity index (χ0n) is 10.3. The third-order valence-electron chi connectivity index (χ3n) is 2.20. The highest BCUT2D eigenvalue weighted by Gasteiger charge is 2.23. The van der Waals surface area contributed by atoms with E-state index in [0.717, 1.165) is 0 Å². The van der Waals surface area contributed by atoms with Crippen LogP contribution in [-0.2, 0) is 10.2 Å². The van der Waals surface area contributed by atoms with Gasteiger partial charge in [-0.2, -0.15) is 0 Å². The van der Waals surface area contributed by atoms with E-state index in [4.69, 9.17) is 9.63 Å². The molecule has 0 saturated carbocycles. The summed E-state index contributed by atoms with van der Waals surface area (Å²) in [5.74, 6) is -1.08. The average molecular weight is 240 g/mol. The molecule has 1 heterocycles. The van der Waals surface area contributed by atoms with Crippen molar-refractivity contribution in [2.24, 2.45) is 0 Å². The first-order chi connectivity index (χ1) is 7.71. The van der Waals surface area contributed by atoms with Crippen LogP contribution < -0.4 is 5.32 Å². The first-order valence-electron chi connectivity index (χ1n) is 5.22. The molecule has 6 heteroatoms. The number of aromatic nitrogens is 1. The van der Waals surface area contributed by atoms with E-state index in [1.54, 1.807) is 0 Å². The molecule has 0 aliphatic carbocycles. The number of rotatable bonds is 3. The first-order valence-corrected chi connectivity index (χ1v) is 5.22. The second kappa shape index (κ2) is 4.57. The molecule has 6 nitrogen and oxygen atoms in total. The molecule has 1 aromatic heterocycles. The van der Waals surface area contributed by atoms with Crippen LogP contribution in [0.5, 0.6) is 0 Å². The zero-order chi connectivity index (χ0) is 13.2. The Labute approximate surface area is 99.0 Å². The topological polar surface area (TPSA) is 92.4 Å². The number of carboxylic acid groups (broad SMARTS) is 1. The molecule has 1 atom stereocenters. The molecule has 0 aliphatic heterocycles. The second-order valence-electron chi connectivity index (χ2n) is 4.86. The summed E-state index contributed by atoms with van der Waals surface area (Å²) in [6.45, 7) is 7.16. The van der Waals surface area contributed by atoms with Crippen LogP contribution in [0, 0.1) is 0 Å². The lowest BCUT2D eigenvalue weighted by Gasteiger charge is -2.12. The molecule has 0 bridgehead atoms. The van der Waals surface area contributed by atoms with Crippen molar-refractivity contribution >= 4 is 11.9 Å². The van der Waals surface area contributed by atoms with Gasteiger partial charge in [-0.1, -0.05) is 25.9 Å². The van der Waals surface area contributed by atoms with E-state index < -0.39 is 17.9 Å². The summed E-state index contributed by atoms with van der Waals surface area (Å²) < 4.78 is 5.03. The van der Waals surface area contributed by atoms with Crippen molar-refractivity contribution in [2.45, 2.75) is 39.2 Å². The van der Waals surface area contributed by atoms with Crippen LogP contribution >= 0.6 is 0 Å². The van der Waals surface area contributed by atoms with Gasteiger partial charge in [-0.3, -0.25) is 9.59 Å². The van der Waals surface area contributed by atoms with E-state index in [-0.39, 0.29) is 11.1 Å². The van der Waals surface area contributed by atoms with Crippen molar-refractivity contribution in [3.05, 3.63) is 17.5 Å². The van der Waals surface area contributed by atoms with Crippen LogP contribution in [0.1, 0.15) is 43.9 Å². The predicted molar refractivity (Wildman–Crippen MR) is 59.8 cm³/mol. The maximum absolute atomic E-state index is 11.6. The Kier molecular flexibility index (Phi) is 3.55. The van der Waals surface area contributed by atoms with Gasteiger partial charge in [0, 0.05) is 11.5 Å². The third kappa shape index (κ3) is 3.30. The Hall–Kier alpha value is -1.85. The van der Waals surface area contributed by atoms with Crippen molar-refractivity contribution in [2.75, 3.05) is 0 Å². The molecule has 1 aromatic rings. The minimum atomic E-state index is -1.10. The summed E-state index contributed by atoms with van der Waals surface area (Å²) >= 11 is 0. The van der Waals surface area contributed by atoms with E-state index in [1.807, 2.05) is 20.8 Å². The fourth-order valence-electron chi connectivity index (χ4n) is 1.07. The summed E-state index contributed by atoms with van der Waals surface area (Å²) in [6, 6.07) is 0.557. The van der Waals surface area contributed by atoms with Gasteiger partial charge in [-0.15, -0.1) is 0 Å². The van der Waals surface area contributed by atoms with Gasteiger partial charge in [-0.05, 0) is 6.92 Å². The third-order valence-corrected chi connectivity index (χ3v) is 2.20. The van der Waals surface area contributed by atoms with Crippen LogP contribution in [0.4, 0.5) is 0 Å². The van der Waals surface area contributed by atoms with Crippen molar-refractivity contribution < 1.29 is 19.2 Å². The molecule has 0 spiro atoms. The van der Waals surface area contributed by atoms with Crippen LogP contribution in [0.2, 0.25) is 0 Å². The number of nitrogens with zero attached hydrogens (tertiary/aromatic N) is 1. The molecule has 17 heavy (non-hydrogen) atoms. The van der Waals surface area contributed by atoms with Crippen LogP contribution in [-0.4, -0.2) is 28.2 Å². The minimum Gasteiger partial charge on any atom is -0.480 e. The van der Waals surface area contributed by atoms with Crippen LogP contribution in [0.15, 0.2) is 10.6 Å².